The number of hydrogen-bond acceptors (Lipinski definition) is 7. The Hall–Kier alpha value is -4.53. The van der Waals surface area contributed by atoms with Gasteiger partial charge in [0.05, 0.1) is 24.2 Å². The van der Waals surface area contributed by atoms with Crippen molar-refractivity contribution in [2.24, 2.45) is 0 Å². The number of morpholine rings is 1. The summed E-state index contributed by atoms with van der Waals surface area (Å²) in [5, 5.41) is 5.67. The SMILES string of the molecule is O=C(Nc1ccc2sc3c(-c4cccc5c(=O)cc(N6CCOCC6)oc45)cccc3c2c1)c1cccnc1. The topological polar surface area (TPSA) is 84.7 Å². The fourth-order valence-corrected chi connectivity index (χ4v) is 6.32. The second kappa shape index (κ2) is 9.65. The highest BCUT2D eigenvalue weighted by Crippen LogP contribution is 2.42. The van der Waals surface area contributed by atoms with Crippen molar-refractivity contribution in [1.82, 2.24) is 4.98 Å². The van der Waals surface area contributed by atoms with Gasteiger partial charge in [-0.1, -0.05) is 30.3 Å². The minimum Gasteiger partial charge on any atom is -0.440 e. The monoisotopic (exact) mass is 533 g/mol. The smallest absolute Gasteiger partial charge is 0.257 e. The molecule has 1 N–H and O–H groups in total. The molecular formula is C31H23N3O4S. The fraction of sp³-hybridized carbons (Fsp3) is 0.129. The van der Waals surface area contributed by atoms with Gasteiger partial charge in [0.1, 0.15) is 5.58 Å². The molecule has 8 heteroatoms. The molecule has 1 saturated heterocycles. The maximum absolute atomic E-state index is 13.1. The number of rotatable bonds is 4. The highest BCUT2D eigenvalue weighted by atomic mass is 32.1. The average molecular weight is 534 g/mol. The van der Waals surface area contributed by atoms with Crippen LogP contribution in [0, 0.1) is 0 Å². The van der Waals surface area contributed by atoms with Gasteiger partial charge in [0.15, 0.2) is 11.3 Å². The Morgan fingerprint density at radius 3 is 2.54 bits per heavy atom. The molecule has 7 nitrogen and oxygen atoms in total. The van der Waals surface area contributed by atoms with Crippen LogP contribution >= 0.6 is 11.3 Å². The standard InChI is InChI=1S/C31H23N3O4S/c35-26-17-28(34-12-14-37-15-13-34)38-29-21(5-1-8-24(26)29)22-6-2-7-23-25-16-20(9-10-27(25)39-30(22)23)33-31(36)19-4-3-11-32-18-19/h1-11,16-18H,12-15H2,(H,33,36). The van der Waals surface area contributed by atoms with E-state index in [0.29, 0.717) is 54.4 Å². The van der Waals surface area contributed by atoms with E-state index in [1.165, 1.54) is 0 Å². The third-order valence-corrected chi connectivity index (χ3v) is 8.25. The first-order valence-electron chi connectivity index (χ1n) is 12.7. The highest BCUT2D eigenvalue weighted by molar-refractivity contribution is 7.26. The molecule has 39 heavy (non-hydrogen) atoms. The molecule has 0 saturated carbocycles. The van der Waals surface area contributed by atoms with Crippen LogP contribution in [0.2, 0.25) is 0 Å². The minimum atomic E-state index is -0.204. The molecule has 1 aliphatic heterocycles. The number of nitrogens with zero attached hydrogens (tertiary/aromatic N) is 2. The number of aromatic nitrogens is 1. The van der Waals surface area contributed by atoms with Crippen molar-refractivity contribution in [2.45, 2.75) is 0 Å². The quantitative estimate of drug-likeness (QED) is 0.286. The maximum atomic E-state index is 13.1. The number of hydrogen-bond donors (Lipinski definition) is 1. The number of carbonyl (C=O) groups excluding carboxylic acids is 1. The molecule has 3 aromatic carbocycles. The number of para-hydroxylation sites is 1. The summed E-state index contributed by atoms with van der Waals surface area (Å²) in [6, 6.07) is 22.9. The van der Waals surface area contributed by atoms with Crippen LogP contribution in [0.15, 0.2) is 94.4 Å². The summed E-state index contributed by atoms with van der Waals surface area (Å²) >= 11 is 1.68. The molecule has 192 valence electrons. The van der Waals surface area contributed by atoms with Gasteiger partial charge in [-0.05, 0) is 36.4 Å². The number of carbonyl (C=O) groups is 1. The van der Waals surface area contributed by atoms with E-state index in [1.807, 2.05) is 42.5 Å². The van der Waals surface area contributed by atoms with Crippen LogP contribution in [0.3, 0.4) is 0 Å². The van der Waals surface area contributed by atoms with Gasteiger partial charge in [-0.15, -0.1) is 11.3 Å². The van der Waals surface area contributed by atoms with E-state index in [2.05, 4.69) is 27.3 Å². The van der Waals surface area contributed by atoms with E-state index in [4.69, 9.17) is 9.15 Å². The molecular weight excluding hydrogens is 510 g/mol. The molecule has 3 aromatic heterocycles. The van der Waals surface area contributed by atoms with Crippen LogP contribution < -0.4 is 15.6 Å². The molecule has 6 aromatic rings. The molecule has 7 rings (SSSR count). The molecule has 0 radical (unpaired) electrons. The van der Waals surface area contributed by atoms with E-state index in [-0.39, 0.29) is 11.3 Å². The zero-order chi connectivity index (χ0) is 26.3. The predicted octanol–water partition coefficient (Wildman–Crippen LogP) is 6.31. The molecule has 1 fully saturated rings. The number of thiophene rings is 1. The van der Waals surface area contributed by atoms with Gasteiger partial charge in [0, 0.05) is 68.5 Å². The van der Waals surface area contributed by atoms with Crippen molar-refractivity contribution in [3.63, 3.8) is 0 Å². The minimum absolute atomic E-state index is 0.0582. The van der Waals surface area contributed by atoms with Gasteiger partial charge in [-0.3, -0.25) is 14.6 Å². The van der Waals surface area contributed by atoms with Crippen LogP contribution in [0.25, 0.3) is 42.3 Å². The predicted molar refractivity (Wildman–Crippen MR) is 156 cm³/mol. The molecule has 1 aliphatic rings. The zero-order valence-corrected chi connectivity index (χ0v) is 21.7. The second-order valence-corrected chi connectivity index (χ2v) is 10.5. The number of fused-ring (bicyclic) bond motifs is 4. The van der Waals surface area contributed by atoms with Crippen molar-refractivity contribution in [3.05, 3.63) is 101 Å². The molecule has 1 amide bonds. The lowest BCUT2D eigenvalue weighted by Crippen LogP contribution is -2.36. The summed E-state index contributed by atoms with van der Waals surface area (Å²) in [5.74, 6) is 0.366. The molecule has 0 bridgehead atoms. The zero-order valence-electron chi connectivity index (χ0n) is 20.8. The maximum Gasteiger partial charge on any atom is 0.257 e. The van der Waals surface area contributed by atoms with E-state index >= 15 is 0 Å². The third-order valence-electron chi connectivity index (χ3n) is 7.03. The Labute approximate surface area is 227 Å². The van der Waals surface area contributed by atoms with Crippen LogP contribution in [0.4, 0.5) is 11.6 Å². The first-order chi connectivity index (χ1) is 19.2. The highest BCUT2D eigenvalue weighted by Gasteiger charge is 2.19. The fourth-order valence-electron chi connectivity index (χ4n) is 5.11. The van der Waals surface area contributed by atoms with Crippen LogP contribution in [0.1, 0.15) is 10.4 Å². The van der Waals surface area contributed by atoms with Gasteiger partial charge < -0.3 is 19.4 Å². The largest absolute Gasteiger partial charge is 0.440 e. The van der Waals surface area contributed by atoms with E-state index < -0.39 is 0 Å². The average Bonchev–Trinajstić information content (AvgIpc) is 3.36. The van der Waals surface area contributed by atoms with E-state index in [0.717, 1.165) is 31.3 Å². The lowest BCUT2D eigenvalue weighted by molar-refractivity contribution is 0.102. The summed E-state index contributed by atoms with van der Waals surface area (Å²) in [6.45, 7) is 2.58. The Morgan fingerprint density at radius 2 is 1.72 bits per heavy atom. The van der Waals surface area contributed by atoms with Gasteiger partial charge in [0.2, 0.25) is 0 Å². The normalized spacial score (nSPS) is 13.8. The van der Waals surface area contributed by atoms with E-state index in [1.54, 1.807) is 41.9 Å². The Balaban J connectivity index is 1.34. The third kappa shape index (κ3) is 4.24. The summed E-state index contributed by atoms with van der Waals surface area (Å²) < 4.78 is 14.1. The van der Waals surface area contributed by atoms with Crippen molar-refractivity contribution < 1.29 is 13.9 Å². The Kier molecular flexibility index (Phi) is 5.83. The van der Waals surface area contributed by atoms with Crippen LogP contribution in [-0.2, 0) is 4.74 Å². The van der Waals surface area contributed by atoms with E-state index in [9.17, 15) is 9.59 Å². The summed E-state index contributed by atoms with van der Waals surface area (Å²) in [7, 11) is 0. The number of benzene rings is 3. The van der Waals surface area contributed by atoms with Crippen molar-refractivity contribution >= 4 is 60.0 Å². The number of anilines is 2. The number of amides is 1. The van der Waals surface area contributed by atoms with Gasteiger partial charge >= 0.3 is 0 Å². The first-order valence-corrected chi connectivity index (χ1v) is 13.5. The number of ether oxygens (including phenoxy) is 1. The molecule has 0 atom stereocenters. The summed E-state index contributed by atoms with van der Waals surface area (Å²) in [4.78, 5) is 31.9. The van der Waals surface area contributed by atoms with Gasteiger partial charge in [0.25, 0.3) is 5.91 Å². The van der Waals surface area contributed by atoms with Crippen molar-refractivity contribution in [3.8, 4) is 11.1 Å². The van der Waals surface area contributed by atoms with Crippen LogP contribution in [-0.4, -0.2) is 37.2 Å². The molecule has 0 spiro atoms. The number of pyridine rings is 1. The van der Waals surface area contributed by atoms with Crippen LogP contribution in [0.5, 0.6) is 0 Å². The lowest BCUT2D eigenvalue weighted by Gasteiger charge is -2.27. The second-order valence-electron chi connectivity index (χ2n) is 9.42. The Morgan fingerprint density at radius 1 is 0.897 bits per heavy atom. The first kappa shape index (κ1) is 23.6. The van der Waals surface area contributed by atoms with Gasteiger partial charge in [-0.2, -0.15) is 0 Å². The van der Waals surface area contributed by atoms with Crippen molar-refractivity contribution in [2.75, 3.05) is 36.5 Å². The molecule has 0 unspecified atom stereocenters. The Bertz CT molecular complexity index is 1920. The number of nitrogens with one attached hydrogen (secondary N) is 1. The molecule has 4 heterocycles. The molecule has 0 aliphatic carbocycles. The lowest BCUT2D eigenvalue weighted by atomic mass is 10.0. The van der Waals surface area contributed by atoms with Gasteiger partial charge in [-0.25, -0.2) is 0 Å². The summed E-state index contributed by atoms with van der Waals surface area (Å²) in [6.07, 6.45) is 3.19. The van der Waals surface area contributed by atoms with Crippen molar-refractivity contribution in [1.29, 1.82) is 0 Å². The summed E-state index contributed by atoms with van der Waals surface area (Å²) in [5.41, 5.74) is 3.62.